The van der Waals surface area contributed by atoms with Crippen molar-refractivity contribution in [1.29, 1.82) is 0 Å². The van der Waals surface area contributed by atoms with Gasteiger partial charge in [0, 0.05) is 19.3 Å². The van der Waals surface area contributed by atoms with Crippen LogP contribution in [-0.4, -0.2) is 37.2 Å². The van der Waals surface area contributed by atoms with Crippen LogP contribution in [0, 0.1) is 11.8 Å². The molecule has 0 unspecified atom stereocenters. The van der Waals surface area contributed by atoms with E-state index >= 15 is 0 Å². The number of hydrogen-bond donors (Lipinski definition) is 0. The van der Waals surface area contributed by atoms with E-state index in [0.29, 0.717) is 19.3 Å². The second kappa shape index (κ2) is 47.9. The van der Waals surface area contributed by atoms with Gasteiger partial charge in [0.05, 0.1) is 0 Å². The molecule has 0 saturated heterocycles. The third-order valence-corrected chi connectivity index (χ3v) is 12.5. The van der Waals surface area contributed by atoms with Gasteiger partial charge in [0.2, 0.25) is 0 Å². The zero-order valence-electron chi connectivity index (χ0n) is 41.8. The average molecular weight is 863 g/mol. The summed E-state index contributed by atoms with van der Waals surface area (Å²) in [5.74, 6) is 0.763. The molecule has 6 nitrogen and oxygen atoms in total. The van der Waals surface area contributed by atoms with E-state index in [-0.39, 0.29) is 31.1 Å². The first-order valence-corrected chi connectivity index (χ1v) is 27.2. The normalized spacial score (nSPS) is 12.0. The van der Waals surface area contributed by atoms with E-state index in [1.54, 1.807) is 0 Å². The Hall–Kier alpha value is -1.59. The molecule has 362 valence electrons. The van der Waals surface area contributed by atoms with Gasteiger partial charge in [-0.2, -0.15) is 0 Å². The quantitative estimate of drug-likeness (QED) is 0.0344. The lowest BCUT2D eigenvalue weighted by molar-refractivity contribution is -0.167. The zero-order valence-corrected chi connectivity index (χ0v) is 41.8. The van der Waals surface area contributed by atoms with Crippen molar-refractivity contribution in [3.05, 3.63) is 0 Å². The van der Waals surface area contributed by atoms with E-state index in [4.69, 9.17) is 14.2 Å². The Labute approximate surface area is 380 Å². The summed E-state index contributed by atoms with van der Waals surface area (Å²) >= 11 is 0. The minimum absolute atomic E-state index is 0.0641. The summed E-state index contributed by atoms with van der Waals surface area (Å²) in [6, 6.07) is 0. The van der Waals surface area contributed by atoms with Gasteiger partial charge in [-0.3, -0.25) is 14.4 Å². The van der Waals surface area contributed by atoms with Gasteiger partial charge in [0.1, 0.15) is 13.2 Å². The fourth-order valence-corrected chi connectivity index (χ4v) is 8.34. The van der Waals surface area contributed by atoms with Gasteiger partial charge in [0.25, 0.3) is 0 Å². The van der Waals surface area contributed by atoms with Crippen LogP contribution >= 0.6 is 0 Å². The van der Waals surface area contributed by atoms with Crippen LogP contribution in [0.5, 0.6) is 0 Å². The molecule has 0 N–H and O–H groups in total. The van der Waals surface area contributed by atoms with Gasteiger partial charge in [-0.15, -0.1) is 0 Å². The van der Waals surface area contributed by atoms with Gasteiger partial charge in [-0.1, -0.05) is 266 Å². The largest absolute Gasteiger partial charge is 0.462 e. The first kappa shape index (κ1) is 59.4. The maximum atomic E-state index is 12.8. The highest BCUT2D eigenvalue weighted by Crippen LogP contribution is 2.18. The first-order valence-electron chi connectivity index (χ1n) is 27.2. The Morgan fingerprint density at radius 2 is 0.541 bits per heavy atom. The molecule has 6 heteroatoms. The van der Waals surface area contributed by atoms with Crippen LogP contribution in [0.2, 0.25) is 0 Å². The highest BCUT2D eigenvalue weighted by atomic mass is 16.6. The summed E-state index contributed by atoms with van der Waals surface area (Å²) in [5.41, 5.74) is 0. The molecule has 0 aliphatic rings. The van der Waals surface area contributed by atoms with Gasteiger partial charge in [-0.25, -0.2) is 0 Å². The molecule has 0 bridgehead atoms. The Morgan fingerprint density at radius 3 is 0.803 bits per heavy atom. The van der Waals surface area contributed by atoms with Crippen molar-refractivity contribution in [1.82, 2.24) is 0 Å². The fourth-order valence-electron chi connectivity index (χ4n) is 8.34. The predicted octanol–water partition coefficient (Wildman–Crippen LogP) is 17.7. The molecule has 0 spiro atoms. The van der Waals surface area contributed by atoms with Crippen LogP contribution in [0.3, 0.4) is 0 Å². The van der Waals surface area contributed by atoms with Crippen molar-refractivity contribution in [2.75, 3.05) is 13.2 Å². The maximum Gasteiger partial charge on any atom is 0.306 e. The summed E-state index contributed by atoms with van der Waals surface area (Å²) in [6.45, 7) is 11.3. The van der Waals surface area contributed by atoms with E-state index < -0.39 is 6.10 Å². The van der Waals surface area contributed by atoms with Crippen molar-refractivity contribution in [2.45, 2.75) is 310 Å². The Balaban J connectivity index is 4.24. The molecule has 61 heavy (non-hydrogen) atoms. The highest BCUT2D eigenvalue weighted by molar-refractivity contribution is 5.71. The maximum absolute atomic E-state index is 12.8. The number of hydrogen-bond acceptors (Lipinski definition) is 6. The molecule has 0 aromatic rings. The van der Waals surface area contributed by atoms with Crippen LogP contribution < -0.4 is 0 Å². The van der Waals surface area contributed by atoms with Crippen LogP contribution in [0.1, 0.15) is 304 Å². The van der Waals surface area contributed by atoms with E-state index in [0.717, 1.165) is 69.6 Å². The highest BCUT2D eigenvalue weighted by Gasteiger charge is 2.19. The van der Waals surface area contributed by atoms with Crippen molar-refractivity contribution >= 4 is 17.9 Å². The summed E-state index contributed by atoms with van der Waals surface area (Å²) in [6.07, 6.45) is 49.6. The van der Waals surface area contributed by atoms with Crippen molar-refractivity contribution in [3.63, 3.8) is 0 Å². The molecule has 1 atom stereocenters. The number of esters is 3. The van der Waals surface area contributed by atoms with Gasteiger partial charge >= 0.3 is 17.9 Å². The average Bonchev–Trinajstić information content (AvgIpc) is 3.23. The van der Waals surface area contributed by atoms with Crippen LogP contribution in [0.4, 0.5) is 0 Å². The van der Waals surface area contributed by atoms with E-state index in [9.17, 15) is 14.4 Å². The number of carbonyl (C=O) groups is 3. The molecule has 0 aromatic carbocycles. The van der Waals surface area contributed by atoms with Crippen LogP contribution in [0.25, 0.3) is 0 Å². The minimum atomic E-state index is -0.762. The first-order chi connectivity index (χ1) is 29.7. The van der Waals surface area contributed by atoms with Crippen molar-refractivity contribution in [2.24, 2.45) is 11.8 Å². The Bertz CT molecular complexity index is 931. The Kier molecular flexibility index (Phi) is 46.6. The number of carbonyl (C=O) groups excluding carboxylic acids is 3. The van der Waals surface area contributed by atoms with Crippen molar-refractivity contribution < 1.29 is 28.6 Å². The van der Waals surface area contributed by atoms with Crippen LogP contribution in [-0.2, 0) is 28.6 Å². The molecule has 0 rings (SSSR count). The number of ether oxygens (including phenoxy) is 3. The molecule has 0 heterocycles. The molecule has 0 aromatic heterocycles. The van der Waals surface area contributed by atoms with Gasteiger partial charge in [-0.05, 0) is 31.1 Å². The second-order valence-electron chi connectivity index (χ2n) is 19.8. The molecule has 0 fully saturated rings. The fraction of sp³-hybridized carbons (Fsp3) is 0.945. The molecular formula is C55H106O6. The predicted molar refractivity (Wildman–Crippen MR) is 261 cm³/mol. The topological polar surface area (TPSA) is 78.9 Å². The van der Waals surface area contributed by atoms with Crippen molar-refractivity contribution in [3.8, 4) is 0 Å². The Morgan fingerprint density at radius 1 is 0.311 bits per heavy atom. The van der Waals surface area contributed by atoms with Gasteiger partial charge < -0.3 is 14.2 Å². The van der Waals surface area contributed by atoms with Gasteiger partial charge in [0.15, 0.2) is 6.10 Å². The monoisotopic (exact) mass is 863 g/mol. The summed E-state index contributed by atoms with van der Waals surface area (Å²) < 4.78 is 16.8. The second-order valence-corrected chi connectivity index (χ2v) is 19.8. The minimum Gasteiger partial charge on any atom is -0.462 e. The lowest BCUT2D eigenvalue weighted by atomic mass is 10.0. The number of unbranched alkanes of at least 4 members (excludes halogenated alkanes) is 34. The van der Waals surface area contributed by atoms with E-state index in [1.165, 1.54) is 193 Å². The van der Waals surface area contributed by atoms with E-state index in [2.05, 4.69) is 34.6 Å². The van der Waals surface area contributed by atoms with Crippen LogP contribution in [0.15, 0.2) is 0 Å². The zero-order chi connectivity index (χ0) is 44.7. The lowest BCUT2D eigenvalue weighted by Gasteiger charge is -2.18. The SMILES string of the molecule is CCCCCCCCCCCCCCCCCCCCC(=O)OC[C@@H](COC(=O)CCCCCCCCCCCCCCC(C)C)OC(=O)CCCCCCCCCC(C)C. The molecular weight excluding hydrogens is 757 g/mol. The standard InChI is InChI=1S/C55H106O6/c1-6-7-8-9-10-11-12-13-14-15-16-17-18-22-25-30-35-40-45-53(56)59-48-52(61-55(58)47-42-37-32-27-29-34-39-44-51(4)5)49-60-54(57)46-41-36-31-26-23-20-19-21-24-28-33-38-43-50(2)3/h50-52H,6-49H2,1-5H3/t52-/m0/s1. The summed E-state index contributed by atoms with van der Waals surface area (Å²) in [7, 11) is 0. The summed E-state index contributed by atoms with van der Waals surface area (Å²) in [5, 5.41) is 0. The molecule has 0 radical (unpaired) electrons. The molecule has 0 aliphatic carbocycles. The molecule has 0 amide bonds. The molecule has 0 aliphatic heterocycles. The molecule has 0 saturated carbocycles. The summed E-state index contributed by atoms with van der Waals surface area (Å²) in [4.78, 5) is 38.0. The lowest BCUT2D eigenvalue weighted by Crippen LogP contribution is -2.30. The third kappa shape index (κ3) is 49.3. The smallest absolute Gasteiger partial charge is 0.306 e. The number of rotatable bonds is 49. The third-order valence-electron chi connectivity index (χ3n) is 12.5. The van der Waals surface area contributed by atoms with E-state index in [1.807, 2.05) is 0 Å².